The van der Waals surface area contributed by atoms with Gasteiger partial charge in [0.15, 0.2) is 0 Å². The number of nitrogens with zero attached hydrogens (tertiary/aromatic N) is 1. The molecule has 0 aliphatic rings. The van der Waals surface area contributed by atoms with Gasteiger partial charge >= 0.3 is 0 Å². The van der Waals surface area contributed by atoms with Gasteiger partial charge in [-0.05, 0) is 36.8 Å². The summed E-state index contributed by atoms with van der Waals surface area (Å²) in [5.41, 5.74) is 10.2. The van der Waals surface area contributed by atoms with Gasteiger partial charge in [-0.3, -0.25) is 4.79 Å². The number of nitrogens with one attached hydrogen (secondary N) is 1. The monoisotopic (exact) mass is 271 g/mol. The number of carbonyl (C=O) groups excluding carboxylic acids is 1. The Balaban J connectivity index is 2.11. The number of rotatable bonds is 3. The van der Waals surface area contributed by atoms with Gasteiger partial charge in [0.1, 0.15) is 5.82 Å². The molecule has 0 heterocycles. The Morgan fingerprint density at radius 1 is 1.15 bits per heavy atom. The number of carbonyl (C=O) groups is 1. The standard InChI is InChI=1S/C15H14FN3O/c1-10(11-6-8-12(16)9-7-11)18-19-15(20)13-4-2-3-5-14(13)17/h2-9H,17H2,1H3,(H,19,20). The minimum Gasteiger partial charge on any atom is -0.398 e. The van der Waals surface area contributed by atoms with Crippen molar-refractivity contribution in [3.8, 4) is 0 Å². The molecule has 0 aromatic heterocycles. The lowest BCUT2D eigenvalue weighted by molar-refractivity contribution is 0.0955. The average molecular weight is 271 g/mol. The number of para-hydroxylation sites is 1. The van der Waals surface area contributed by atoms with Crippen molar-refractivity contribution in [3.05, 3.63) is 65.5 Å². The zero-order valence-electron chi connectivity index (χ0n) is 10.9. The molecule has 3 N–H and O–H groups in total. The van der Waals surface area contributed by atoms with E-state index in [1.165, 1.54) is 12.1 Å². The number of amides is 1. The molecule has 2 rings (SSSR count). The van der Waals surface area contributed by atoms with Gasteiger partial charge in [-0.15, -0.1) is 0 Å². The maximum Gasteiger partial charge on any atom is 0.273 e. The van der Waals surface area contributed by atoms with E-state index in [0.717, 1.165) is 5.56 Å². The summed E-state index contributed by atoms with van der Waals surface area (Å²) in [6.45, 7) is 1.72. The molecule has 0 aliphatic heterocycles. The van der Waals surface area contributed by atoms with Crippen molar-refractivity contribution in [3.63, 3.8) is 0 Å². The molecule has 2 aromatic carbocycles. The second-order valence-electron chi connectivity index (χ2n) is 4.23. The molecule has 5 heteroatoms. The van der Waals surface area contributed by atoms with Gasteiger partial charge in [0.2, 0.25) is 0 Å². The molecule has 0 saturated heterocycles. The summed E-state index contributed by atoms with van der Waals surface area (Å²) in [5.74, 6) is -0.702. The fourth-order valence-electron chi connectivity index (χ4n) is 1.65. The Morgan fingerprint density at radius 2 is 1.80 bits per heavy atom. The van der Waals surface area contributed by atoms with E-state index in [2.05, 4.69) is 10.5 Å². The van der Waals surface area contributed by atoms with Gasteiger partial charge in [-0.1, -0.05) is 24.3 Å². The summed E-state index contributed by atoms with van der Waals surface area (Å²) in [6.07, 6.45) is 0. The van der Waals surface area contributed by atoms with E-state index in [-0.39, 0.29) is 11.7 Å². The van der Waals surface area contributed by atoms with Crippen LogP contribution >= 0.6 is 0 Å². The van der Waals surface area contributed by atoms with Gasteiger partial charge in [-0.25, -0.2) is 9.82 Å². The predicted octanol–water partition coefficient (Wildman–Crippen LogP) is 2.56. The Morgan fingerprint density at radius 3 is 2.45 bits per heavy atom. The highest BCUT2D eigenvalue weighted by molar-refractivity contribution is 6.02. The van der Waals surface area contributed by atoms with Gasteiger partial charge in [0.25, 0.3) is 5.91 Å². The molecule has 0 aliphatic carbocycles. The summed E-state index contributed by atoms with van der Waals surface area (Å²) in [5, 5.41) is 3.98. The minimum atomic E-state index is -0.385. The van der Waals surface area contributed by atoms with Crippen LogP contribution in [0.2, 0.25) is 0 Å². The van der Waals surface area contributed by atoms with E-state index in [0.29, 0.717) is 17.0 Å². The molecular formula is C15H14FN3O. The summed E-state index contributed by atoms with van der Waals surface area (Å²) in [6, 6.07) is 12.6. The fraction of sp³-hybridized carbons (Fsp3) is 0.0667. The van der Waals surface area contributed by atoms with E-state index in [4.69, 9.17) is 5.73 Å². The zero-order chi connectivity index (χ0) is 14.5. The van der Waals surface area contributed by atoms with Crippen LogP contribution in [0, 0.1) is 5.82 Å². The molecule has 0 fully saturated rings. The van der Waals surface area contributed by atoms with Gasteiger partial charge in [-0.2, -0.15) is 5.10 Å². The Kier molecular flexibility index (Phi) is 4.10. The number of halogens is 1. The van der Waals surface area contributed by atoms with E-state index < -0.39 is 0 Å². The summed E-state index contributed by atoms with van der Waals surface area (Å²) >= 11 is 0. The molecular weight excluding hydrogens is 257 g/mol. The summed E-state index contributed by atoms with van der Waals surface area (Å²) in [4.78, 5) is 11.9. The van der Waals surface area contributed by atoms with Crippen LogP contribution in [0.5, 0.6) is 0 Å². The highest BCUT2D eigenvalue weighted by Crippen LogP contribution is 2.10. The molecule has 0 atom stereocenters. The van der Waals surface area contributed by atoms with Crippen LogP contribution in [0.15, 0.2) is 53.6 Å². The van der Waals surface area contributed by atoms with Crippen LogP contribution in [-0.2, 0) is 0 Å². The van der Waals surface area contributed by atoms with E-state index in [1.807, 2.05) is 0 Å². The normalized spacial score (nSPS) is 11.2. The van der Waals surface area contributed by atoms with Gasteiger partial charge < -0.3 is 5.73 Å². The number of hydrazone groups is 1. The van der Waals surface area contributed by atoms with Crippen LogP contribution in [-0.4, -0.2) is 11.6 Å². The number of hydrogen-bond donors (Lipinski definition) is 2. The first-order chi connectivity index (χ1) is 9.58. The van der Waals surface area contributed by atoms with Crippen molar-refractivity contribution in [1.29, 1.82) is 0 Å². The second-order valence-corrected chi connectivity index (χ2v) is 4.23. The van der Waals surface area contributed by atoms with Crippen molar-refractivity contribution in [2.75, 3.05) is 5.73 Å². The topological polar surface area (TPSA) is 67.5 Å². The summed E-state index contributed by atoms with van der Waals surface area (Å²) < 4.78 is 12.8. The first kappa shape index (κ1) is 13.7. The third kappa shape index (κ3) is 3.20. The SMILES string of the molecule is CC(=NNC(=O)c1ccccc1N)c1ccc(F)cc1. The lowest BCUT2D eigenvalue weighted by Crippen LogP contribution is -2.20. The zero-order valence-corrected chi connectivity index (χ0v) is 10.9. The van der Waals surface area contributed by atoms with Crippen LogP contribution in [0.1, 0.15) is 22.8 Å². The smallest absolute Gasteiger partial charge is 0.273 e. The van der Waals surface area contributed by atoms with Crippen molar-refractivity contribution in [2.24, 2.45) is 5.10 Å². The van der Waals surface area contributed by atoms with Gasteiger partial charge in [0.05, 0.1) is 11.3 Å². The molecule has 102 valence electrons. The largest absolute Gasteiger partial charge is 0.398 e. The van der Waals surface area contributed by atoms with E-state index >= 15 is 0 Å². The molecule has 2 aromatic rings. The number of nitrogen functional groups attached to an aromatic ring is 1. The van der Waals surface area contributed by atoms with Crippen molar-refractivity contribution in [1.82, 2.24) is 5.43 Å². The Labute approximate surface area is 116 Å². The first-order valence-corrected chi connectivity index (χ1v) is 6.03. The molecule has 0 spiro atoms. The first-order valence-electron chi connectivity index (χ1n) is 6.03. The fourth-order valence-corrected chi connectivity index (χ4v) is 1.65. The Hall–Kier alpha value is -2.69. The van der Waals surface area contributed by atoms with Crippen molar-refractivity contribution < 1.29 is 9.18 Å². The predicted molar refractivity (Wildman–Crippen MR) is 76.9 cm³/mol. The second kappa shape index (κ2) is 5.97. The number of nitrogens with two attached hydrogens (primary N) is 1. The van der Waals surface area contributed by atoms with E-state index in [9.17, 15) is 9.18 Å². The highest BCUT2D eigenvalue weighted by atomic mass is 19.1. The van der Waals surface area contributed by atoms with Crippen LogP contribution in [0.3, 0.4) is 0 Å². The van der Waals surface area contributed by atoms with Crippen molar-refractivity contribution >= 4 is 17.3 Å². The quantitative estimate of drug-likeness (QED) is 0.512. The molecule has 0 unspecified atom stereocenters. The summed E-state index contributed by atoms with van der Waals surface area (Å²) in [7, 11) is 0. The van der Waals surface area contributed by atoms with Crippen LogP contribution < -0.4 is 11.2 Å². The molecule has 20 heavy (non-hydrogen) atoms. The molecule has 0 radical (unpaired) electrons. The maximum atomic E-state index is 12.8. The maximum absolute atomic E-state index is 12.8. The third-order valence-corrected chi connectivity index (χ3v) is 2.79. The van der Waals surface area contributed by atoms with Crippen LogP contribution in [0.4, 0.5) is 10.1 Å². The third-order valence-electron chi connectivity index (χ3n) is 2.79. The minimum absolute atomic E-state index is 0.317. The van der Waals surface area contributed by atoms with Crippen LogP contribution in [0.25, 0.3) is 0 Å². The van der Waals surface area contributed by atoms with Gasteiger partial charge in [0, 0.05) is 5.69 Å². The lowest BCUT2D eigenvalue weighted by Gasteiger charge is -2.05. The molecule has 1 amide bonds. The molecule has 0 saturated carbocycles. The molecule has 0 bridgehead atoms. The van der Waals surface area contributed by atoms with Crippen molar-refractivity contribution in [2.45, 2.75) is 6.92 Å². The van der Waals surface area contributed by atoms with E-state index in [1.54, 1.807) is 43.3 Å². The Bertz CT molecular complexity index is 650. The lowest BCUT2D eigenvalue weighted by atomic mass is 10.1. The highest BCUT2D eigenvalue weighted by Gasteiger charge is 2.07. The average Bonchev–Trinajstić information content (AvgIpc) is 2.45. The number of benzene rings is 2. The number of hydrogen-bond acceptors (Lipinski definition) is 3. The number of anilines is 1. The molecule has 4 nitrogen and oxygen atoms in total.